The Morgan fingerprint density at radius 1 is 0.921 bits per heavy atom. The minimum atomic E-state index is -0.672. The average molecular weight is 522 g/mol. The summed E-state index contributed by atoms with van der Waals surface area (Å²) in [5.41, 5.74) is 2.44. The molecule has 1 saturated heterocycles. The molecule has 202 valence electrons. The molecule has 2 aliphatic rings. The monoisotopic (exact) mass is 521 g/mol. The van der Waals surface area contributed by atoms with Crippen LogP contribution in [0.3, 0.4) is 0 Å². The van der Waals surface area contributed by atoms with Crippen molar-refractivity contribution >= 4 is 29.6 Å². The largest absolute Gasteiger partial charge is 0.469 e. The first-order valence-corrected chi connectivity index (χ1v) is 13.0. The number of rotatable bonds is 6. The summed E-state index contributed by atoms with van der Waals surface area (Å²) >= 11 is 0. The fourth-order valence-electron chi connectivity index (χ4n) is 4.85. The lowest BCUT2D eigenvalue weighted by Crippen LogP contribution is -2.54. The molecule has 4 rings (SSSR count). The number of carbonyl (C=O) groups is 3. The summed E-state index contributed by atoms with van der Waals surface area (Å²) in [5, 5.41) is 13.8. The number of hydrogen-bond donors (Lipinski definition) is 3. The Bertz CT molecular complexity index is 1110. The maximum Gasteiger partial charge on any atom is 0.413 e. The van der Waals surface area contributed by atoms with Crippen molar-refractivity contribution in [2.45, 2.75) is 38.3 Å². The van der Waals surface area contributed by atoms with Crippen LogP contribution >= 0.6 is 0 Å². The first-order chi connectivity index (χ1) is 18.4. The maximum atomic E-state index is 12.8. The highest BCUT2D eigenvalue weighted by molar-refractivity contribution is 6.04. The van der Waals surface area contributed by atoms with E-state index in [2.05, 4.69) is 15.5 Å². The van der Waals surface area contributed by atoms with Crippen LogP contribution in [-0.2, 0) is 20.9 Å². The van der Waals surface area contributed by atoms with Gasteiger partial charge in [0.05, 0.1) is 13.0 Å². The van der Waals surface area contributed by atoms with Crippen molar-refractivity contribution in [3.63, 3.8) is 0 Å². The van der Waals surface area contributed by atoms with E-state index in [0.29, 0.717) is 31.7 Å². The zero-order valence-corrected chi connectivity index (χ0v) is 21.7. The van der Waals surface area contributed by atoms with Gasteiger partial charge in [0.2, 0.25) is 0 Å². The Balaban J connectivity index is 1.18. The fraction of sp³-hybridized carbons (Fsp3) is 0.429. The van der Waals surface area contributed by atoms with Crippen molar-refractivity contribution < 1.29 is 23.9 Å². The molecule has 0 radical (unpaired) electrons. The van der Waals surface area contributed by atoms with Crippen LogP contribution in [0.4, 0.5) is 15.3 Å². The van der Waals surface area contributed by atoms with Gasteiger partial charge in [0.15, 0.2) is 0 Å². The predicted molar refractivity (Wildman–Crippen MR) is 143 cm³/mol. The number of ether oxygens (including phenoxy) is 2. The Kier molecular flexibility index (Phi) is 9.18. The number of esters is 1. The average Bonchev–Trinajstić information content (AvgIpc) is 2.96. The number of benzene rings is 2. The number of piperazine rings is 1. The number of methoxy groups -OCH3 is 1. The molecule has 1 saturated carbocycles. The van der Waals surface area contributed by atoms with Gasteiger partial charge in [-0.2, -0.15) is 0 Å². The summed E-state index contributed by atoms with van der Waals surface area (Å²) in [5.74, 6) is -0.249. The molecule has 2 aromatic carbocycles. The minimum Gasteiger partial charge on any atom is -0.469 e. The molecule has 38 heavy (non-hydrogen) atoms. The zero-order chi connectivity index (χ0) is 26.9. The van der Waals surface area contributed by atoms with Crippen LogP contribution in [0.2, 0.25) is 0 Å². The Morgan fingerprint density at radius 3 is 2.21 bits per heavy atom. The summed E-state index contributed by atoms with van der Waals surface area (Å²) in [7, 11) is 1.42. The molecule has 1 heterocycles. The number of amides is 3. The third-order valence-corrected chi connectivity index (χ3v) is 7.12. The maximum absolute atomic E-state index is 12.8. The molecule has 1 aliphatic heterocycles. The molecule has 2 fully saturated rings. The number of nitrogens with zero attached hydrogens (tertiary/aromatic N) is 2. The molecule has 10 heteroatoms. The Morgan fingerprint density at radius 2 is 1.58 bits per heavy atom. The zero-order valence-electron chi connectivity index (χ0n) is 21.7. The summed E-state index contributed by atoms with van der Waals surface area (Å²) in [6.45, 7) is 2.75. The molecular weight excluding hydrogens is 486 g/mol. The second kappa shape index (κ2) is 12.9. The van der Waals surface area contributed by atoms with Gasteiger partial charge in [-0.25, -0.2) is 9.59 Å². The van der Waals surface area contributed by atoms with E-state index < -0.39 is 6.09 Å². The second-order valence-corrected chi connectivity index (χ2v) is 9.60. The van der Waals surface area contributed by atoms with E-state index >= 15 is 0 Å². The third kappa shape index (κ3) is 7.24. The number of anilines is 1. The predicted octanol–water partition coefficient (Wildman–Crippen LogP) is 3.50. The highest BCUT2D eigenvalue weighted by Crippen LogP contribution is 2.25. The lowest BCUT2D eigenvalue weighted by Gasteiger charge is -2.37. The van der Waals surface area contributed by atoms with Gasteiger partial charge in [0.1, 0.15) is 12.4 Å². The van der Waals surface area contributed by atoms with Crippen molar-refractivity contribution in [2.75, 3.05) is 38.2 Å². The number of amidine groups is 1. The van der Waals surface area contributed by atoms with E-state index in [1.807, 2.05) is 47.4 Å². The normalized spacial score (nSPS) is 19.3. The molecule has 2 aromatic rings. The van der Waals surface area contributed by atoms with E-state index in [9.17, 15) is 14.4 Å². The van der Waals surface area contributed by atoms with Gasteiger partial charge in [-0.1, -0.05) is 30.3 Å². The smallest absolute Gasteiger partial charge is 0.413 e. The van der Waals surface area contributed by atoms with Gasteiger partial charge < -0.3 is 24.6 Å². The first-order valence-electron chi connectivity index (χ1n) is 13.0. The van der Waals surface area contributed by atoms with Gasteiger partial charge in [-0.05, 0) is 55.5 Å². The molecule has 0 spiro atoms. The minimum absolute atomic E-state index is 0.0308. The highest BCUT2D eigenvalue weighted by atomic mass is 16.5. The van der Waals surface area contributed by atoms with E-state index in [-0.39, 0.29) is 36.4 Å². The SMILES string of the molecule is COC(=O)[C@H]1CC[C@H](NC(=O)N2CCN(c3ccc(C(=N)NC(=O)OCc4ccccc4)cc3)CC2)CC1. The van der Waals surface area contributed by atoms with Crippen LogP contribution in [0, 0.1) is 11.3 Å². The van der Waals surface area contributed by atoms with E-state index in [1.165, 1.54) is 7.11 Å². The summed E-state index contributed by atoms with van der Waals surface area (Å²) in [6, 6.07) is 16.8. The number of urea groups is 1. The molecule has 10 nitrogen and oxygen atoms in total. The van der Waals surface area contributed by atoms with E-state index in [0.717, 1.165) is 36.9 Å². The fourth-order valence-corrected chi connectivity index (χ4v) is 4.85. The van der Waals surface area contributed by atoms with Crippen molar-refractivity contribution in [2.24, 2.45) is 5.92 Å². The Hall–Kier alpha value is -4.08. The summed E-state index contributed by atoms with van der Waals surface area (Å²) in [4.78, 5) is 40.5. The highest BCUT2D eigenvalue weighted by Gasteiger charge is 2.29. The number of hydrogen-bond acceptors (Lipinski definition) is 7. The quantitative estimate of drug-likeness (QED) is 0.304. The van der Waals surface area contributed by atoms with Crippen molar-refractivity contribution in [1.82, 2.24) is 15.5 Å². The molecular formula is C28H35N5O5. The third-order valence-electron chi connectivity index (χ3n) is 7.12. The lowest BCUT2D eigenvalue weighted by atomic mass is 9.86. The number of nitrogens with one attached hydrogen (secondary N) is 3. The van der Waals surface area contributed by atoms with E-state index in [1.54, 1.807) is 12.1 Å². The van der Waals surface area contributed by atoms with Crippen LogP contribution in [0.5, 0.6) is 0 Å². The van der Waals surface area contributed by atoms with Gasteiger partial charge in [-0.3, -0.25) is 15.5 Å². The molecule has 3 N–H and O–H groups in total. The van der Waals surface area contributed by atoms with Crippen LogP contribution in [0.15, 0.2) is 54.6 Å². The van der Waals surface area contributed by atoms with Gasteiger partial charge in [0, 0.05) is 43.5 Å². The number of alkyl carbamates (subject to hydrolysis) is 1. The molecule has 0 aromatic heterocycles. The molecule has 1 aliphatic carbocycles. The standard InChI is InChI=1S/C28H35N5O5/c1-37-26(34)22-7-11-23(12-8-22)30-27(35)33-17-15-32(16-18-33)24-13-9-21(10-14-24)25(29)31-28(36)38-19-20-5-3-2-4-6-20/h2-6,9-10,13-14,22-23H,7-8,11-12,15-19H2,1H3,(H,30,35)(H2,29,31,36)/t22-,23-. The van der Waals surface area contributed by atoms with Crippen molar-refractivity contribution in [1.29, 1.82) is 5.41 Å². The lowest BCUT2D eigenvalue weighted by molar-refractivity contribution is -0.146. The van der Waals surface area contributed by atoms with Crippen LogP contribution in [0.1, 0.15) is 36.8 Å². The summed E-state index contributed by atoms with van der Waals surface area (Å²) in [6.07, 6.45) is 2.37. The van der Waals surface area contributed by atoms with E-state index in [4.69, 9.17) is 14.9 Å². The molecule has 0 bridgehead atoms. The topological polar surface area (TPSA) is 124 Å². The van der Waals surface area contributed by atoms with Crippen LogP contribution < -0.4 is 15.5 Å². The second-order valence-electron chi connectivity index (χ2n) is 9.60. The number of carbonyl (C=O) groups excluding carboxylic acids is 3. The molecule has 0 unspecified atom stereocenters. The Labute approximate surface area is 222 Å². The van der Waals surface area contributed by atoms with Gasteiger partial charge in [0.25, 0.3) is 0 Å². The van der Waals surface area contributed by atoms with Crippen molar-refractivity contribution in [3.8, 4) is 0 Å². The van der Waals surface area contributed by atoms with Crippen LogP contribution in [-0.4, -0.2) is 68.2 Å². The van der Waals surface area contributed by atoms with Gasteiger partial charge >= 0.3 is 18.1 Å². The van der Waals surface area contributed by atoms with Crippen LogP contribution in [0.25, 0.3) is 0 Å². The van der Waals surface area contributed by atoms with Gasteiger partial charge in [-0.15, -0.1) is 0 Å². The summed E-state index contributed by atoms with van der Waals surface area (Å²) < 4.78 is 10.0. The first kappa shape index (κ1) is 27.0. The molecule has 0 atom stereocenters. The molecule has 3 amide bonds. The van der Waals surface area contributed by atoms with Crippen molar-refractivity contribution in [3.05, 3.63) is 65.7 Å².